The van der Waals surface area contributed by atoms with Gasteiger partial charge in [-0.2, -0.15) is 0 Å². The van der Waals surface area contributed by atoms with Gasteiger partial charge in [0.25, 0.3) is 0 Å². The third-order valence-corrected chi connectivity index (χ3v) is 3.78. The van der Waals surface area contributed by atoms with Crippen LogP contribution in [0.5, 0.6) is 0 Å². The van der Waals surface area contributed by atoms with Gasteiger partial charge in [-0.25, -0.2) is 4.39 Å². The van der Waals surface area contributed by atoms with E-state index in [1.807, 2.05) is 13.0 Å². The molecule has 0 aliphatic rings. The normalized spacial score (nSPS) is 12.4. The van der Waals surface area contributed by atoms with Crippen LogP contribution in [0.15, 0.2) is 42.5 Å². The van der Waals surface area contributed by atoms with Crippen molar-refractivity contribution in [3.63, 3.8) is 0 Å². The van der Waals surface area contributed by atoms with Crippen molar-refractivity contribution in [3.05, 3.63) is 70.5 Å². The molecule has 0 spiro atoms. The van der Waals surface area contributed by atoms with Gasteiger partial charge in [0.2, 0.25) is 0 Å². The minimum atomic E-state index is -0.168. The van der Waals surface area contributed by atoms with Gasteiger partial charge in [0.1, 0.15) is 5.82 Å². The van der Waals surface area contributed by atoms with Gasteiger partial charge >= 0.3 is 0 Å². The minimum absolute atomic E-state index is 0.147. The second-order valence-electron chi connectivity index (χ2n) is 4.72. The zero-order chi connectivity index (χ0) is 13.1. The zero-order valence-corrected chi connectivity index (χ0v) is 12.2. The Kier molecular flexibility index (Phi) is 4.18. The van der Waals surface area contributed by atoms with Crippen molar-refractivity contribution in [1.29, 1.82) is 0 Å². The van der Waals surface area contributed by atoms with E-state index in [1.165, 1.54) is 11.1 Å². The summed E-state index contributed by atoms with van der Waals surface area (Å²) in [5, 5.41) is 0. The molecule has 1 unspecified atom stereocenters. The number of alkyl halides is 1. The Balaban J connectivity index is 2.19. The molecule has 1 atom stereocenters. The summed E-state index contributed by atoms with van der Waals surface area (Å²) in [6.07, 6.45) is 0.866. The van der Waals surface area contributed by atoms with Gasteiger partial charge in [0, 0.05) is 4.83 Å². The zero-order valence-electron chi connectivity index (χ0n) is 10.6. The van der Waals surface area contributed by atoms with Crippen molar-refractivity contribution >= 4 is 15.9 Å². The molecule has 0 aliphatic carbocycles. The van der Waals surface area contributed by atoms with Gasteiger partial charge in [-0.05, 0) is 49.1 Å². The van der Waals surface area contributed by atoms with Crippen molar-refractivity contribution in [2.75, 3.05) is 0 Å². The molecule has 0 aromatic heterocycles. The molecule has 2 aromatic rings. The van der Waals surface area contributed by atoms with Crippen molar-refractivity contribution in [2.24, 2.45) is 0 Å². The van der Waals surface area contributed by atoms with E-state index in [4.69, 9.17) is 0 Å². The van der Waals surface area contributed by atoms with Crippen LogP contribution in [-0.2, 0) is 6.42 Å². The van der Waals surface area contributed by atoms with Crippen LogP contribution in [0, 0.1) is 19.7 Å². The Bertz CT molecular complexity index is 528. The molecule has 2 aromatic carbocycles. The minimum Gasteiger partial charge on any atom is -0.207 e. The lowest BCUT2D eigenvalue weighted by molar-refractivity contribution is 0.623. The predicted octanol–water partition coefficient (Wildman–Crippen LogP) is 5.12. The fourth-order valence-electron chi connectivity index (χ4n) is 2.11. The molecule has 0 heterocycles. The monoisotopic (exact) mass is 306 g/mol. The average Bonchev–Trinajstić information content (AvgIpc) is 2.27. The van der Waals surface area contributed by atoms with Crippen molar-refractivity contribution in [2.45, 2.75) is 25.1 Å². The Morgan fingerprint density at radius 2 is 1.83 bits per heavy atom. The Labute approximate surface area is 116 Å². The molecule has 18 heavy (non-hydrogen) atoms. The highest BCUT2D eigenvalue weighted by atomic mass is 79.9. The van der Waals surface area contributed by atoms with Crippen LogP contribution in [0.2, 0.25) is 0 Å². The average molecular weight is 307 g/mol. The molecule has 0 saturated carbocycles. The third-order valence-electron chi connectivity index (χ3n) is 2.92. The molecule has 0 bridgehead atoms. The van der Waals surface area contributed by atoms with Crippen LogP contribution in [-0.4, -0.2) is 0 Å². The first-order chi connectivity index (χ1) is 8.54. The number of aryl methyl sites for hydroxylation is 2. The van der Waals surface area contributed by atoms with Crippen LogP contribution in [0.25, 0.3) is 0 Å². The van der Waals surface area contributed by atoms with Crippen LogP contribution in [0.4, 0.5) is 4.39 Å². The lowest BCUT2D eigenvalue weighted by atomic mass is 10.0. The number of halogens is 2. The molecule has 0 amide bonds. The first-order valence-corrected chi connectivity index (χ1v) is 6.93. The molecule has 2 rings (SSSR count). The topological polar surface area (TPSA) is 0 Å². The predicted molar refractivity (Wildman–Crippen MR) is 77.7 cm³/mol. The molecule has 0 radical (unpaired) electrons. The molecule has 0 saturated heterocycles. The molecular weight excluding hydrogens is 291 g/mol. The summed E-state index contributed by atoms with van der Waals surface area (Å²) >= 11 is 3.65. The number of rotatable bonds is 3. The highest BCUT2D eigenvalue weighted by Crippen LogP contribution is 2.28. The van der Waals surface area contributed by atoms with Crippen LogP contribution < -0.4 is 0 Å². The standard InChI is InChI=1S/C16H16BrF/c1-11-4-3-5-13(6-11)9-16(17)14-7-12(2)8-15(18)10-14/h3-8,10,16H,9H2,1-2H3. The summed E-state index contributed by atoms with van der Waals surface area (Å²) < 4.78 is 13.4. The third kappa shape index (κ3) is 3.42. The summed E-state index contributed by atoms with van der Waals surface area (Å²) in [5.41, 5.74) is 4.47. The first-order valence-electron chi connectivity index (χ1n) is 6.01. The highest BCUT2D eigenvalue weighted by molar-refractivity contribution is 9.09. The highest BCUT2D eigenvalue weighted by Gasteiger charge is 2.10. The molecule has 0 nitrogen and oxygen atoms in total. The molecule has 0 fully saturated rings. The number of benzene rings is 2. The lowest BCUT2D eigenvalue weighted by Gasteiger charge is -2.12. The van der Waals surface area contributed by atoms with Crippen LogP contribution in [0.1, 0.15) is 27.1 Å². The van der Waals surface area contributed by atoms with E-state index in [2.05, 4.69) is 47.1 Å². The molecule has 94 valence electrons. The second-order valence-corrected chi connectivity index (χ2v) is 5.83. The summed E-state index contributed by atoms with van der Waals surface area (Å²) in [5.74, 6) is -0.168. The van der Waals surface area contributed by atoms with Gasteiger partial charge in [0.05, 0.1) is 0 Å². The van der Waals surface area contributed by atoms with E-state index in [0.717, 1.165) is 17.5 Å². The maximum Gasteiger partial charge on any atom is 0.123 e. The number of hydrogen-bond donors (Lipinski definition) is 0. The Morgan fingerprint density at radius 3 is 2.50 bits per heavy atom. The van der Waals surface area contributed by atoms with E-state index in [0.29, 0.717) is 0 Å². The van der Waals surface area contributed by atoms with Crippen LogP contribution in [0.3, 0.4) is 0 Å². The SMILES string of the molecule is Cc1cccc(CC(Br)c2cc(C)cc(F)c2)c1. The first kappa shape index (κ1) is 13.3. The fraction of sp³-hybridized carbons (Fsp3) is 0.250. The van der Waals surface area contributed by atoms with Gasteiger partial charge < -0.3 is 0 Å². The fourth-order valence-corrected chi connectivity index (χ4v) is 2.75. The van der Waals surface area contributed by atoms with Gasteiger partial charge in [-0.3, -0.25) is 0 Å². The maximum atomic E-state index is 13.4. The van der Waals surface area contributed by atoms with E-state index in [-0.39, 0.29) is 10.6 Å². The largest absolute Gasteiger partial charge is 0.207 e. The number of hydrogen-bond acceptors (Lipinski definition) is 0. The van der Waals surface area contributed by atoms with Gasteiger partial charge in [0.15, 0.2) is 0 Å². The quantitative estimate of drug-likeness (QED) is 0.690. The Morgan fingerprint density at radius 1 is 1.06 bits per heavy atom. The van der Waals surface area contributed by atoms with E-state index < -0.39 is 0 Å². The van der Waals surface area contributed by atoms with E-state index >= 15 is 0 Å². The smallest absolute Gasteiger partial charge is 0.123 e. The lowest BCUT2D eigenvalue weighted by Crippen LogP contribution is -1.97. The van der Waals surface area contributed by atoms with Crippen molar-refractivity contribution in [1.82, 2.24) is 0 Å². The summed E-state index contributed by atoms with van der Waals surface area (Å²) in [4.78, 5) is 0.147. The van der Waals surface area contributed by atoms with Gasteiger partial charge in [-0.1, -0.05) is 51.8 Å². The van der Waals surface area contributed by atoms with E-state index in [9.17, 15) is 4.39 Å². The van der Waals surface area contributed by atoms with Crippen molar-refractivity contribution in [3.8, 4) is 0 Å². The van der Waals surface area contributed by atoms with Crippen molar-refractivity contribution < 1.29 is 4.39 Å². The summed E-state index contributed by atoms with van der Waals surface area (Å²) in [6, 6.07) is 13.6. The summed E-state index contributed by atoms with van der Waals surface area (Å²) in [7, 11) is 0. The van der Waals surface area contributed by atoms with Crippen LogP contribution >= 0.6 is 15.9 Å². The molecule has 2 heteroatoms. The Hall–Kier alpha value is -1.15. The van der Waals surface area contributed by atoms with E-state index in [1.54, 1.807) is 12.1 Å². The second kappa shape index (κ2) is 5.66. The molecule has 0 N–H and O–H groups in total. The molecular formula is C16H16BrF. The van der Waals surface area contributed by atoms with Gasteiger partial charge in [-0.15, -0.1) is 0 Å². The maximum absolute atomic E-state index is 13.4. The summed E-state index contributed by atoms with van der Waals surface area (Å²) in [6.45, 7) is 4.00. The molecule has 0 aliphatic heterocycles.